The lowest BCUT2D eigenvalue weighted by Gasteiger charge is -2.14. The van der Waals surface area contributed by atoms with E-state index >= 15 is 0 Å². The average molecular weight is 447 g/mol. The number of ether oxygens (including phenoxy) is 2. The SMILES string of the molecule is COc1cc(/C=C2\SC(=Nc3cc(Cl)ccc3C)NC2=O)ccc1O[C@H](C)C(=O)O. The highest BCUT2D eigenvalue weighted by molar-refractivity contribution is 8.18. The molecule has 0 unspecified atom stereocenters. The standard InChI is InChI=1S/C21H19ClN2O5S/c1-11-4-6-14(22)10-15(11)23-21-24-19(25)18(30-21)9-13-5-7-16(17(8-13)28-3)29-12(2)20(26)27/h4-10,12H,1-3H3,(H,26,27)(H,23,24,25)/b18-9-/t12-/m1/s1. The summed E-state index contributed by atoms with van der Waals surface area (Å²) in [5.41, 5.74) is 2.32. The molecule has 2 aromatic carbocycles. The predicted molar refractivity (Wildman–Crippen MR) is 118 cm³/mol. The third-order valence-electron chi connectivity index (χ3n) is 4.18. The number of nitrogens with zero attached hydrogens (tertiary/aromatic N) is 1. The van der Waals surface area contributed by atoms with Gasteiger partial charge in [0, 0.05) is 5.02 Å². The number of rotatable bonds is 6. The quantitative estimate of drug-likeness (QED) is 0.638. The number of halogens is 1. The molecule has 7 nitrogen and oxygen atoms in total. The Morgan fingerprint density at radius 1 is 1.27 bits per heavy atom. The molecule has 30 heavy (non-hydrogen) atoms. The molecule has 0 bridgehead atoms. The molecule has 0 spiro atoms. The topological polar surface area (TPSA) is 97.2 Å². The van der Waals surface area contributed by atoms with E-state index in [1.54, 1.807) is 36.4 Å². The number of aryl methyl sites for hydroxylation is 1. The van der Waals surface area contributed by atoms with E-state index in [0.717, 1.165) is 5.56 Å². The third kappa shape index (κ3) is 5.14. The Labute approximate surface area is 182 Å². The summed E-state index contributed by atoms with van der Waals surface area (Å²) in [7, 11) is 1.46. The van der Waals surface area contributed by atoms with E-state index in [0.29, 0.717) is 37.8 Å². The van der Waals surface area contributed by atoms with E-state index in [4.69, 9.17) is 26.2 Å². The highest BCUT2D eigenvalue weighted by Crippen LogP contribution is 2.33. The fourth-order valence-electron chi connectivity index (χ4n) is 2.56. The summed E-state index contributed by atoms with van der Waals surface area (Å²) in [6, 6.07) is 10.4. The van der Waals surface area contributed by atoms with Gasteiger partial charge in [0.25, 0.3) is 5.91 Å². The first kappa shape index (κ1) is 21.7. The fraction of sp³-hybridized carbons (Fsp3) is 0.190. The van der Waals surface area contributed by atoms with Gasteiger partial charge in [-0.15, -0.1) is 0 Å². The molecule has 9 heteroatoms. The van der Waals surface area contributed by atoms with Crippen LogP contribution in [0.5, 0.6) is 11.5 Å². The van der Waals surface area contributed by atoms with Crippen molar-refractivity contribution in [3.8, 4) is 11.5 Å². The number of nitrogens with one attached hydrogen (secondary N) is 1. The van der Waals surface area contributed by atoms with Crippen molar-refractivity contribution in [2.24, 2.45) is 4.99 Å². The number of carboxylic acid groups (broad SMARTS) is 1. The molecule has 1 fully saturated rings. The van der Waals surface area contributed by atoms with Crippen molar-refractivity contribution >= 4 is 52.2 Å². The normalized spacial score (nSPS) is 17.1. The van der Waals surface area contributed by atoms with E-state index in [9.17, 15) is 9.59 Å². The molecular formula is C21H19ClN2O5S. The number of aliphatic imine (C=N–C) groups is 1. The Morgan fingerprint density at radius 3 is 2.73 bits per heavy atom. The van der Waals surface area contributed by atoms with Crippen molar-refractivity contribution < 1.29 is 24.2 Å². The molecule has 0 aliphatic carbocycles. The molecule has 1 amide bonds. The molecule has 1 heterocycles. The Kier molecular flexibility index (Phi) is 6.69. The van der Waals surface area contributed by atoms with Gasteiger partial charge in [0.05, 0.1) is 17.7 Å². The van der Waals surface area contributed by atoms with Crippen LogP contribution in [0.15, 0.2) is 46.3 Å². The number of hydrogen-bond donors (Lipinski definition) is 2. The van der Waals surface area contributed by atoms with Crippen LogP contribution in [0, 0.1) is 6.92 Å². The number of methoxy groups -OCH3 is 1. The number of amidine groups is 1. The molecule has 2 N–H and O–H groups in total. The first-order chi connectivity index (χ1) is 14.3. The fourth-order valence-corrected chi connectivity index (χ4v) is 3.56. The second-order valence-corrected chi connectivity index (χ2v) is 7.89. The molecule has 156 valence electrons. The highest BCUT2D eigenvalue weighted by atomic mass is 35.5. The van der Waals surface area contributed by atoms with E-state index in [1.807, 2.05) is 13.0 Å². The van der Waals surface area contributed by atoms with Crippen LogP contribution in [0.3, 0.4) is 0 Å². The van der Waals surface area contributed by atoms with Crippen LogP contribution in [0.25, 0.3) is 6.08 Å². The molecular weight excluding hydrogens is 428 g/mol. The third-order valence-corrected chi connectivity index (χ3v) is 5.33. The van der Waals surface area contributed by atoms with Crippen LogP contribution in [-0.2, 0) is 9.59 Å². The van der Waals surface area contributed by atoms with Gasteiger partial charge in [-0.1, -0.05) is 23.7 Å². The zero-order chi connectivity index (χ0) is 21.8. The van der Waals surface area contributed by atoms with Crippen LogP contribution in [0.1, 0.15) is 18.1 Å². The van der Waals surface area contributed by atoms with E-state index in [2.05, 4.69) is 10.3 Å². The molecule has 1 saturated heterocycles. The lowest BCUT2D eigenvalue weighted by molar-refractivity contribution is -0.144. The zero-order valence-electron chi connectivity index (χ0n) is 16.4. The maximum Gasteiger partial charge on any atom is 0.344 e. The number of amides is 1. The van der Waals surface area contributed by atoms with Gasteiger partial charge in [-0.25, -0.2) is 9.79 Å². The number of benzene rings is 2. The van der Waals surface area contributed by atoms with E-state index in [1.165, 1.54) is 25.8 Å². The van der Waals surface area contributed by atoms with Crippen LogP contribution in [0.4, 0.5) is 5.69 Å². The van der Waals surface area contributed by atoms with Gasteiger partial charge in [0.15, 0.2) is 22.8 Å². The van der Waals surface area contributed by atoms with Crippen LogP contribution in [0.2, 0.25) is 5.02 Å². The summed E-state index contributed by atoms with van der Waals surface area (Å²) >= 11 is 7.24. The van der Waals surface area contributed by atoms with Gasteiger partial charge < -0.3 is 19.9 Å². The van der Waals surface area contributed by atoms with Gasteiger partial charge in [-0.05, 0) is 67.1 Å². The summed E-state index contributed by atoms with van der Waals surface area (Å²) < 4.78 is 10.7. The summed E-state index contributed by atoms with van der Waals surface area (Å²) in [5, 5.41) is 12.8. The minimum absolute atomic E-state index is 0.266. The van der Waals surface area contributed by atoms with Gasteiger partial charge >= 0.3 is 5.97 Å². The molecule has 1 atom stereocenters. The van der Waals surface area contributed by atoms with Crippen molar-refractivity contribution in [3.63, 3.8) is 0 Å². The number of carboxylic acids is 1. The van der Waals surface area contributed by atoms with Gasteiger partial charge in [-0.3, -0.25) is 4.79 Å². The Bertz CT molecular complexity index is 1070. The maximum absolute atomic E-state index is 12.3. The Hall–Kier alpha value is -2.97. The molecule has 0 saturated carbocycles. The summed E-state index contributed by atoms with van der Waals surface area (Å²) in [6.45, 7) is 3.34. The van der Waals surface area contributed by atoms with Gasteiger partial charge in [0.2, 0.25) is 0 Å². The predicted octanol–water partition coefficient (Wildman–Crippen LogP) is 4.40. The van der Waals surface area contributed by atoms with Crippen molar-refractivity contribution in [2.75, 3.05) is 7.11 Å². The summed E-state index contributed by atoms with van der Waals surface area (Å²) in [6.07, 6.45) is 0.674. The Balaban J connectivity index is 1.83. The van der Waals surface area contributed by atoms with Gasteiger partial charge in [0.1, 0.15) is 0 Å². The van der Waals surface area contributed by atoms with Crippen molar-refractivity contribution in [1.82, 2.24) is 5.32 Å². The van der Waals surface area contributed by atoms with Crippen molar-refractivity contribution in [1.29, 1.82) is 0 Å². The molecule has 0 radical (unpaired) electrons. The van der Waals surface area contributed by atoms with Crippen LogP contribution in [-0.4, -0.2) is 35.4 Å². The number of hydrogen-bond acceptors (Lipinski definition) is 6. The van der Waals surface area contributed by atoms with Crippen molar-refractivity contribution in [2.45, 2.75) is 20.0 Å². The molecule has 2 aromatic rings. The lowest BCUT2D eigenvalue weighted by atomic mass is 10.2. The average Bonchev–Trinajstić information content (AvgIpc) is 3.04. The first-order valence-corrected chi connectivity index (χ1v) is 10.1. The zero-order valence-corrected chi connectivity index (χ0v) is 18.0. The van der Waals surface area contributed by atoms with E-state index in [-0.39, 0.29) is 5.91 Å². The minimum atomic E-state index is -1.08. The van der Waals surface area contributed by atoms with Crippen LogP contribution >= 0.6 is 23.4 Å². The number of carbonyl (C=O) groups is 2. The minimum Gasteiger partial charge on any atom is -0.493 e. The monoisotopic (exact) mass is 446 g/mol. The summed E-state index contributed by atoms with van der Waals surface area (Å²) in [5.74, 6) is -0.678. The number of carbonyl (C=O) groups excluding carboxylic acids is 1. The second-order valence-electron chi connectivity index (χ2n) is 6.42. The van der Waals surface area contributed by atoms with Crippen molar-refractivity contribution in [3.05, 3.63) is 57.5 Å². The molecule has 3 rings (SSSR count). The smallest absolute Gasteiger partial charge is 0.344 e. The molecule has 0 aromatic heterocycles. The number of aliphatic carboxylic acids is 1. The highest BCUT2D eigenvalue weighted by Gasteiger charge is 2.24. The lowest BCUT2D eigenvalue weighted by Crippen LogP contribution is -2.23. The molecule has 1 aliphatic rings. The van der Waals surface area contributed by atoms with Gasteiger partial charge in [-0.2, -0.15) is 0 Å². The number of thioether (sulfide) groups is 1. The van der Waals surface area contributed by atoms with E-state index < -0.39 is 12.1 Å². The maximum atomic E-state index is 12.3. The summed E-state index contributed by atoms with van der Waals surface area (Å²) in [4.78, 5) is 28.3. The van der Waals surface area contributed by atoms with Crippen LogP contribution < -0.4 is 14.8 Å². The largest absolute Gasteiger partial charge is 0.493 e. The Morgan fingerprint density at radius 2 is 2.03 bits per heavy atom. The first-order valence-electron chi connectivity index (χ1n) is 8.90. The molecule has 1 aliphatic heterocycles. The second kappa shape index (κ2) is 9.23.